The second-order valence-electron chi connectivity index (χ2n) is 17.7. The average Bonchev–Trinajstić information content (AvgIpc) is 4.04. The molecule has 1 aromatic carbocycles. The lowest BCUT2D eigenvalue weighted by atomic mass is 9.85. The lowest BCUT2D eigenvalue weighted by Gasteiger charge is -2.35. The van der Waals surface area contributed by atoms with E-state index in [2.05, 4.69) is 20.6 Å². The molecule has 4 fully saturated rings. The van der Waals surface area contributed by atoms with Crippen LogP contribution < -0.4 is 24.8 Å². The lowest BCUT2D eigenvalue weighted by Crippen LogP contribution is -2.61. The number of alkyl halides is 4. The zero-order chi connectivity index (χ0) is 43.9. The van der Waals surface area contributed by atoms with Gasteiger partial charge in [0, 0.05) is 18.4 Å². The third-order valence-electron chi connectivity index (χ3n) is 11.9. The number of halogens is 4. The predicted molar refractivity (Wildman–Crippen MR) is 209 cm³/mol. The van der Waals surface area contributed by atoms with Crippen LogP contribution in [0.15, 0.2) is 18.2 Å². The van der Waals surface area contributed by atoms with E-state index in [-0.39, 0.29) is 36.7 Å². The number of nitrogens with one attached hydrogen (secondary N) is 3. The number of methoxy groups -OCH3 is 1. The minimum atomic E-state index is -4.23. The largest absolute Gasteiger partial charge is 0.497 e. The van der Waals surface area contributed by atoms with Crippen molar-refractivity contribution in [1.29, 1.82) is 0 Å². The first-order chi connectivity index (χ1) is 28.1. The molecule has 0 radical (unpaired) electrons. The van der Waals surface area contributed by atoms with Gasteiger partial charge in [-0.3, -0.25) is 19.1 Å². The van der Waals surface area contributed by atoms with Gasteiger partial charge in [0.1, 0.15) is 29.5 Å². The number of carbonyl (C=O) groups is 4. The maximum Gasteiger partial charge on any atom is 0.405 e. The zero-order valence-corrected chi connectivity index (χ0v) is 35.1. The van der Waals surface area contributed by atoms with Crippen molar-refractivity contribution in [1.82, 2.24) is 30.2 Å². The van der Waals surface area contributed by atoms with Gasteiger partial charge in [-0.15, -0.1) is 0 Å². The first kappa shape index (κ1) is 45.0. The molecule has 2 heterocycles. The molecular formula is C40H54F4N6O9S. The molecule has 6 unspecified atom stereocenters. The Hall–Kier alpha value is -4.49. The monoisotopic (exact) mass is 870 g/mol. The minimum absolute atomic E-state index is 0.0916. The molecule has 20 heteroatoms. The van der Waals surface area contributed by atoms with Crippen molar-refractivity contribution in [2.75, 3.05) is 13.7 Å². The van der Waals surface area contributed by atoms with Crippen LogP contribution in [0.5, 0.6) is 11.6 Å². The van der Waals surface area contributed by atoms with Gasteiger partial charge in [0.05, 0.1) is 35.9 Å². The Morgan fingerprint density at radius 1 is 1.03 bits per heavy atom. The molecule has 3 aliphatic carbocycles. The Morgan fingerprint density at radius 3 is 2.30 bits per heavy atom. The molecule has 60 heavy (non-hydrogen) atoms. The molecule has 6 rings (SSSR count). The van der Waals surface area contributed by atoms with Crippen molar-refractivity contribution in [3.63, 3.8) is 0 Å². The summed E-state index contributed by atoms with van der Waals surface area (Å²) in [4.78, 5) is 64.5. The van der Waals surface area contributed by atoms with Crippen LogP contribution >= 0.6 is 0 Å². The van der Waals surface area contributed by atoms with Crippen LogP contribution in [0.3, 0.4) is 0 Å². The first-order valence-electron chi connectivity index (χ1n) is 20.5. The van der Waals surface area contributed by atoms with Gasteiger partial charge in [-0.25, -0.2) is 32.0 Å². The number of nitrogens with zero attached hydrogens (tertiary/aromatic N) is 3. The van der Waals surface area contributed by atoms with Crippen molar-refractivity contribution in [2.45, 2.75) is 140 Å². The smallest absolute Gasteiger partial charge is 0.405 e. The van der Waals surface area contributed by atoms with Crippen LogP contribution in [0.1, 0.15) is 104 Å². The fraction of sp³-hybridized carbons (Fsp3) is 0.700. The van der Waals surface area contributed by atoms with Crippen LogP contribution in [0.4, 0.5) is 22.4 Å². The van der Waals surface area contributed by atoms with Crippen molar-refractivity contribution in [3.8, 4) is 11.6 Å². The number of likely N-dealkylation sites (tertiary alicyclic amines) is 1. The molecule has 4 amide bonds. The molecule has 2 aromatic rings. The van der Waals surface area contributed by atoms with Gasteiger partial charge in [0.15, 0.2) is 5.69 Å². The molecular weight excluding hydrogens is 817 g/mol. The van der Waals surface area contributed by atoms with Crippen LogP contribution in [0.2, 0.25) is 0 Å². The summed E-state index contributed by atoms with van der Waals surface area (Å²) in [6, 6.07) is 1.38. The number of hydrogen-bond acceptors (Lipinski definition) is 10. The summed E-state index contributed by atoms with van der Waals surface area (Å²) in [6.07, 6.45) is -2.42. The van der Waals surface area contributed by atoms with Gasteiger partial charge < -0.3 is 30.1 Å². The molecule has 6 atom stereocenters. The fourth-order valence-corrected chi connectivity index (χ4v) is 9.49. The third kappa shape index (κ3) is 9.83. The van der Waals surface area contributed by atoms with Crippen LogP contribution in [0.25, 0.3) is 11.0 Å². The lowest BCUT2D eigenvalue weighted by molar-refractivity contribution is -0.144. The summed E-state index contributed by atoms with van der Waals surface area (Å²) < 4.78 is 100. The van der Waals surface area contributed by atoms with E-state index in [4.69, 9.17) is 9.47 Å². The summed E-state index contributed by atoms with van der Waals surface area (Å²) in [5.74, 6) is -9.42. The van der Waals surface area contributed by atoms with Crippen molar-refractivity contribution in [2.24, 2.45) is 23.2 Å². The normalized spacial score (nSPS) is 24.9. The van der Waals surface area contributed by atoms with Gasteiger partial charge in [-0.05, 0) is 55.6 Å². The van der Waals surface area contributed by atoms with Crippen molar-refractivity contribution < 1.29 is 59.7 Å². The van der Waals surface area contributed by atoms with E-state index in [0.29, 0.717) is 24.5 Å². The molecule has 3 saturated carbocycles. The van der Waals surface area contributed by atoms with E-state index >= 15 is 8.78 Å². The number of hydrogen-bond donors (Lipinski definition) is 4. The van der Waals surface area contributed by atoms with E-state index in [1.807, 2.05) is 4.72 Å². The standard InChI is InChI=1S/C40H54F4N6O9S/c1-6-9-24-28(59-34-30(40(43,44)17-8-7-10-21-11-12-21)45-26-16-13-22(58-5)18-27(26)46-34)20-50(35(52)31(38(2,3)4)47-37(54)55)29(24)33(51)48-39(19-25(39)32(41)42)36(53)49-60(56,57)23-14-15-23/h13,16,18,21,23-25,28-29,31-32,47H,6-12,14-15,17,19-20H2,1-5H3,(H,48,51)(H,49,53)(H,54,55). The second kappa shape index (κ2) is 17.1. The number of carboxylic acid groups (broad SMARTS) is 1. The summed E-state index contributed by atoms with van der Waals surface area (Å²) in [5.41, 5.74) is -3.96. The second-order valence-corrected chi connectivity index (χ2v) is 19.7. The first-order valence-corrected chi connectivity index (χ1v) is 22.0. The molecule has 15 nitrogen and oxygen atoms in total. The number of fused-ring (bicyclic) bond motifs is 1. The zero-order valence-electron chi connectivity index (χ0n) is 34.3. The Morgan fingerprint density at radius 2 is 1.73 bits per heavy atom. The van der Waals surface area contributed by atoms with Crippen LogP contribution in [0, 0.1) is 23.2 Å². The Balaban J connectivity index is 1.40. The van der Waals surface area contributed by atoms with E-state index in [0.717, 1.165) is 24.2 Å². The molecule has 0 bridgehead atoms. The van der Waals surface area contributed by atoms with Crippen molar-refractivity contribution >= 4 is 44.9 Å². The number of sulfonamides is 1. The molecule has 0 spiro atoms. The summed E-state index contributed by atoms with van der Waals surface area (Å²) in [7, 11) is -2.82. The highest BCUT2D eigenvalue weighted by Crippen LogP contribution is 2.49. The molecule has 1 saturated heterocycles. The number of amides is 4. The van der Waals surface area contributed by atoms with Gasteiger partial charge in [-0.2, -0.15) is 8.78 Å². The predicted octanol–water partition coefficient (Wildman–Crippen LogP) is 5.51. The number of carbonyl (C=O) groups excluding carboxylic acids is 3. The summed E-state index contributed by atoms with van der Waals surface area (Å²) in [5, 5.41) is 13.4. The molecule has 1 aromatic heterocycles. The number of unbranched alkanes of at least 4 members (excludes halogenated alkanes) is 1. The van der Waals surface area contributed by atoms with Gasteiger partial charge in [-0.1, -0.05) is 59.8 Å². The molecule has 1 aliphatic heterocycles. The van der Waals surface area contributed by atoms with E-state index in [1.54, 1.807) is 33.8 Å². The maximum atomic E-state index is 16.3. The van der Waals surface area contributed by atoms with Crippen molar-refractivity contribution in [3.05, 3.63) is 23.9 Å². The highest BCUT2D eigenvalue weighted by atomic mass is 32.2. The third-order valence-corrected chi connectivity index (χ3v) is 13.7. The topological polar surface area (TPSA) is 206 Å². The SMILES string of the molecule is CCCC1C(Oc2nc3cc(OC)ccc3nc2C(F)(F)CCCCC2CC2)CN(C(=O)C(NC(=O)O)C(C)(C)C)C1C(=O)NC1(C(=O)NS(=O)(=O)C2CC2)CC1C(F)F. The molecule has 332 valence electrons. The van der Waals surface area contributed by atoms with Gasteiger partial charge in [0.25, 0.3) is 11.8 Å². The number of aromatic nitrogens is 2. The summed E-state index contributed by atoms with van der Waals surface area (Å²) in [6.45, 7) is 5.98. The number of benzene rings is 1. The minimum Gasteiger partial charge on any atom is -0.497 e. The van der Waals surface area contributed by atoms with Crippen LogP contribution in [-0.4, -0.2) is 101 Å². The molecule has 4 N–H and O–H groups in total. The van der Waals surface area contributed by atoms with Gasteiger partial charge >= 0.3 is 6.09 Å². The highest BCUT2D eigenvalue weighted by Gasteiger charge is 2.67. The number of rotatable bonds is 19. The highest BCUT2D eigenvalue weighted by molar-refractivity contribution is 7.91. The average molecular weight is 871 g/mol. The van der Waals surface area contributed by atoms with Crippen LogP contribution in [-0.2, 0) is 30.3 Å². The Kier molecular flexibility index (Phi) is 12.8. The Bertz CT molecular complexity index is 2080. The van der Waals surface area contributed by atoms with E-state index < -0.39 is 123 Å². The van der Waals surface area contributed by atoms with E-state index in [1.165, 1.54) is 19.2 Å². The summed E-state index contributed by atoms with van der Waals surface area (Å²) >= 11 is 0. The quantitative estimate of drug-likeness (QED) is 0.102. The molecule has 4 aliphatic rings. The number of ether oxygens (including phenoxy) is 2. The van der Waals surface area contributed by atoms with Gasteiger partial charge in [0.2, 0.25) is 34.1 Å². The maximum absolute atomic E-state index is 16.3. The fourth-order valence-electron chi connectivity index (χ4n) is 8.12. The Labute approximate surface area is 346 Å². The van der Waals surface area contributed by atoms with E-state index in [9.17, 15) is 41.5 Å².